The molecular weight excluding hydrogens is 257 g/mol. The molecular formula is C13H15Cl2NO. The maximum atomic E-state index is 11.5. The molecule has 0 aromatic heterocycles. The van der Waals surface area contributed by atoms with Crippen molar-refractivity contribution in [2.75, 3.05) is 0 Å². The molecule has 0 saturated carbocycles. The van der Waals surface area contributed by atoms with Crippen LogP contribution in [0.3, 0.4) is 0 Å². The molecule has 1 amide bonds. The molecule has 1 rings (SSSR count). The van der Waals surface area contributed by atoms with Crippen LogP contribution in [0.2, 0.25) is 5.02 Å². The Morgan fingerprint density at radius 3 is 2.88 bits per heavy atom. The first-order valence-electron chi connectivity index (χ1n) is 5.47. The highest BCUT2D eigenvalue weighted by Crippen LogP contribution is 2.10. The van der Waals surface area contributed by atoms with Gasteiger partial charge in [0.1, 0.15) is 0 Å². The Labute approximate surface area is 112 Å². The van der Waals surface area contributed by atoms with Gasteiger partial charge in [0.25, 0.3) is 0 Å². The fraction of sp³-hybridized carbons (Fsp3) is 0.308. The van der Waals surface area contributed by atoms with Crippen LogP contribution < -0.4 is 5.32 Å². The van der Waals surface area contributed by atoms with E-state index < -0.39 is 0 Å². The van der Waals surface area contributed by atoms with Crippen LogP contribution in [0.5, 0.6) is 0 Å². The van der Waals surface area contributed by atoms with Crippen LogP contribution in [0.15, 0.2) is 35.4 Å². The Kier molecular flexibility index (Phi) is 6.09. The Balaban J connectivity index is 2.38. The highest BCUT2D eigenvalue weighted by Gasteiger charge is 2.00. The normalized spacial score (nSPS) is 11.4. The lowest BCUT2D eigenvalue weighted by Crippen LogP contribution is -2.21. The summed E-state index contributed by atoms with van der Waals surface area (Å²) in [6.07, 6.45) is 2.80. The molecule has 1 N–H and O–H groups in total. The monoisotopic (exact) mass is 271 g/mol. The quantitative estimate of drug-likeness (QED) is 0.865. The van der Waals surface area contributed by atoms with Crippen molar-refractivity contribution in [1.29, 1.82) is 0 Å². The predicted molar refractivity (Wildman–Crippen MR) is 72.1 cm³/mol. The molecule has 0 aliphatic heterocycles. The van der Waals surface area contributed by atoms with Gasteiger partial charge < -0.3 is 5.32 Å². The Morgan fingerprint density at radius 1 is 1.47 bits per heavy atom. The fourth-order valence-electron chi connectivity index (χ4n) is 1.27. The molecule has 0 saturated heterocycles. The summed E-state index contributed by atoms with van der Waals surface area (Å²) >= 11 is 11.7. The van der Waals surface area contributed by atoms with Crippen molar-refractivity contribution in [3.05, 3.63) is 46.0 Å². The molecule has 1 aromatic carbocycles. The average Bonchev–Trinajstić information content (AvgIpc) is 2.33. The topological polar surface area (TPSA) is 29.1 Å². The van der Waals surface area contributed by atoms with Gasteiger partial charge in [-0.25, -0.2) is 0 Å². The van der Waals surface area contributed by atoms with E-state index in [2.05, 4.69) is 5.32 Å². The van der Waals surface area contributed by atoms with Gasteiger partial charge in [0.05, 0.1) is 0 Å². The summed E-state index contributed by atoms with van der Waals surface area (Å²) in [4.78, 5) is 11.5. The minimum Gasteiger partial charge on any atom is -0.352 e. The van der Waals surface area contributed by atoms with Gasteiger partial charge in [-0.15, -0.1) is 0 Å². The Morgan fingerprint density at radius 2 is 2.24 bits per heavy atom. The number of carbonyl (C=O) groups excluding carboxylic acids is 1. The zero-order valence-corrected chi connectivity index (χ0v) is 11.2. The second-order valence-corrected chi connectivity index (χ2v) is 4.54. The smallest absolute Gasteiger partial charge is 0.224 e. The van der Waals surface area contributed by atoms with Gasteiger partial charge in [-0.1, -0.05) is 48.3 Å². The summed E-state index contributed by atoms with van der Waals surface area (Å²) in [5.74, 6) is -0.0448. The van der Waals surface area contributed by atoms with E-state index in [1.807, 2.05) is 25.1 Å². The Hall–Kier alpha value is -0.990. The van der Waals surface area contributed by atoms with E-state index in [4.69, 9.17) is 23.2 Å². The van der Waals surface area contributed by atoms with Crippen LogP contribution in [0.25, 0.3) is 0 Å². The van der Waals surface area contributed by atoms with Gasteiger partial charge in [0.2, 0.25) is 5.91 Å². The number of carbonyl (C=O) groups is 1. The number of amides is 1. The van der Waals surface area contributed by atoms with Gasteiger partial charge in [-0.05, 0) is 24.1 Å². The molecule has 4 heteroatoms. The molecule has 0 heterocycles. The summed E-state index contributed by atoms with van der Waals surface area (Å²) in [6, 6.07) is 7.41. The molecule has 0 unspecified atom stereocenters. The van der Waals surface area contributed by atoms with E-state index in [0.29, 0.717) is 23.0 Å². The van der Waals surface area contributed by atoms with Crippen LogP contribution in [-0.2, 0) is 11.3 Å². The number of hydrogen-bond donors (Lipinski definition) is 1. The van der Waals surface area contributed by atoms with Gasteiger partial charge in [-0.3, -0.25) is 4.79 Å². The molecule has 0 fully saturated rings. The van der Waals surface area contributed by atoms with Gasteiger partial charge in [-0.2, -0.15) is 0 Å². The van der Waals surface area contributed by atoms with Crippen LogP contribution in [0, 0.1) is 0 Å². The number of halogens is 2. The molecule has 17 heavy (non-hydrogen) atoms. The molecule has 92 valence electrons. The third-order valence-electron chi connectivity index (χ3n) is 2.23. The van der Waals surface area contributed by atoms with Gasteiger partial charge in [0, 0.05) is 23.0 Å². The average molecular weight is 272 g/mol. The number of allylic oxidation sites excluding steroid dienone is 1. The van der Waals surface area contributed by atoms with Crippen molar-refractivity contribution < 1.29 is 4.79 Å². The summed E-state index contributed by atoms with van der Waals surface area (Å²) < 4.78 is 0. The third-order valence-corrected chi connectivity index (χ3v) is 2.88. The molecule has 0 atom stereocenters. The summed E-state index contributed by atoms with van der Waals surface area (Å²) in [6.45, 7) is 2.43. The van der Waals surface area contributed by atoms with Crippen LogP contribution >= 0.6 is 23.2 Å². The lowest BCUT2D eigenvalue weighted by Gasteiger charge is -2.04. The van der Waals surface area contributed by atoms with E-state index in [1.165, 1.54) is 0 Å². The maximum Gasteiger partial charge on any atom is 0.224 e. The minimum atomic E-state index is -0.0448. The van der Waals surface area contributed by atoms with Crippen LogP contribution in [0.4, 0.5) is 0 Å². The molecule has 1 aromatic rings. The summed E-state index contributed by atoms with van der Waals surface area (Å²) in [5.41, 5.74) is 0.983. The van der Waals surface area contributed by atoms with E-state index in [-0.39, 0.29) is 5.91 Å². The zero-order chi connectivity index (χ0) is 12.7. The highest BCUT2D eigenvalue weighted by atomic mass is 35.5. The molecule has 2 nitrogen and oxygen atoms in total. The fourth-order valence-corrected chi connectivity index (χ4v) is 1.56. The lowest BCUT2D eigenvalue weighted by atomic mass is 10.2. The molecule has 0 radical (unpaired) electrons. The number of benzene rings is 1. The van der Waals surface area contributed by atoms with Crippen molar-refractivity contribution >= 4 is 29.1 Å². The van der Waals surface area contributed by atoms with Crippen molar-refractivity contribution in [3.63, 3.8) is 0 Å². The van der Waals surface area contributed by atoms with E-state index in [9.17, 15) is 4.79 Å². The lowest BCUT2D eigenvalue weighted by molar-refractivity contribution is -0.120. The first-order chi connectivity index (χ1) is 8.11. The van der Waals surface area contributed by atoms with E-state index in [0.717, 1.165) is 12.0 Å². The number of rotatable bonds is 5. The van der Waals surface area contributed by atoms with Crippen LogP contribution in [-0.4, -0.2) is 5.91 Å². The maximum absolute atomic E-state index is 11.5. The largest absolute Gasteiger partial charge is 0.352 e. The first-order valence-corrected chi connectivity index (χ1v) is 6.23. The van der Waals surface area contributed by atoms with Gasteiger partial charge in [0.15, 0.2) is 0 Å². The van der Waals surface area contributed by atoms with Gasteiger partial charge >= 0.3 is 0 Å². The Bertz CT molecular complexity index is 416. The zero-order valence-electron chi connectivity index (χ0n) is 9.67. The molecule has 0 aliphatic carbocycles. The van der Waals surface area contributed by atoms with Crippen molar-refractivity contribution in [2.45, 2.75) is 26.3 Å². The second kappa shape index (κ2) is 7.36. The van der Waals surface area contributed by atoms with Crippen molar-refractivity contribution in [2.24, 2.45) is 0 Å². The molecule has 0 bridgehead atoms. The molecule has 0 aliphatic rings. The highest BCUT2D eigenvalue weighted by molar-refractivity contribution is 6.30. The van der Waals surface area contributed by atoms with E-state index >= 15 is 0 Å². The SMILES string of the molecule is CC/C(Cl)=C\CC(=O)NCc1cccc(Cl)c1. The van der Waals surface area contributed by atoms with Crippen molar-refractivity contribution in [3.8, 4) is 0 Å². The van der Waals surface area contributed by atoms with E-state index in [1.54, 1.807) is 12.1 Å². The van der Waals surface area contributed by atoms with Crippen molar-refractivity contribution in [1.82, 2.24) is 5.32 Å². The minimum absolute atomic E-state index is 0.0448. The first kappa shape index (κ1) is 14.1. The third kappa shape index (κ3) is 5.76. The molecule has 0 spiro atoms. The number of hydrogen-bond acceptors (Lipinski definition) is 1. The summed E-state index contributed by atoms with van der Waals surface area (Å²) in [7, 11) is 0. The summed E-state index contributed by atoms with van der Waals surface area (Å²) in [5, 5.41) is 4.19. The predicted octanol–water partition coefficient (Wildman–Crippen LogP) is 3.88. The second-order valence-electron chi connectivity index (χ2n) is 3.62. The van der Waals surface area contributed by atoms with Crippen LogP contribution in [0.1, 0.15) is 25.3 Å². The standard InChI is InChI=1S/C13H15Cl2NO/c1-2-11(14)6-7-13(17)16-9-10-4-3-5-12(15)8-10/h3-6,8H,2,7,9H2,1H3,(H,16,17)/b11-6+. The number of nitrogens with one attached hydrogen (secondary N) is 1.